The van der Waals surface area contributed by atoms with Crippen LogP contribution < -0.4 is 5.32 Å². The largest absolute Gasteiger partial charge is 0.357 e. The first-order valence-corrected chi connectivity index (χ1v) is 6.39. The van der Waals surface area contributed by atoms with Crippen molar-refractivity contribution in [2.75, 3.05) is 11.9 Å². The van der Waals surface area contributed by atoms with E-state index in [1.165, 1.54) is 24.2 Å². The van der Waals surface area contributed by atoms with Gasteiger partial charge in [-0.3, -0.25) is 19.6 Å². The van der Waals surface area contributed by atoms with Crippen LogP contribution in [0, 0.1) is 0 Å². The molecule has 1 aliphatic rings. The molecule has 0 spiro atoms. The van der Waals surface area contributed by atoms with Gasteiger partial charge in [0.05, 0.1) is 6.54 Å². The first kappa shape index (κ1) is 13.0. The second kappa shape index (κ2) is 5.20. The van der Waals surface area contributed by atoms with Crippen molar-refractivity contribution >= 4 is 17.5 Å². The van der Waals surface area contributed by atoms with Crippen LogP contribution in [0.25, 0.3) is 11.4 Å². The molecular weight excluding hydrogens is 270 g/mol. The molecule has 0 radical (unpaired) electrons. The third-order valence-electron chi connectivity index (χ3n) is 3.13. The highest BCUT2D eigenvalue weighted by molar-refractivity contribution is 6.03. The first-order chi connectivity index (χ1) is 10.1. The lowest BCUT2D eigenvalue weighted by Gasteiger charge is -2.12. The minimum absolute atomic E-state index is 0.261. The quantitative estimate of drug-likeness (QED) is 0.882. The minimum atomic E-state index is -0.295. The Morgan fingerprint density at radius 3 is 2.95 bits per heavy atom. The number of nitrogens with one attached hydrogen (secondary N) is 2. The van der Waals surface area contributed by atoms with Crippen molar-refractivity contribution in [3.63, 3.8) is 0 Å². The Morgan fingerprint density at radius 1 is 1.43 bits per heavy atom. The highest BCUT2D eigenvalue weighted by Gasteiger charge is 2.24. The summed E-state index contributed by atoms with van der Waals surface area (Å²) in [5.41, 5.74) is 2.38. The van der Waals surface area contributed by atoms with E-state index in [0.29, 0.717) is 11.5 Å². The number of H-pyrrole nitrogens is 1. The Kier molecular flexibility index (Phi) is 3.23. The van der Waals surface area contributed by atoms with E-state index in [2.05, 4.69) is 20.5 Å². The smallest absolute Gasteiger partial charge is 0.255 e. The van der Waals surface area contributed by atoms with Gasteiger partial charge < -0.3 is 5.32 Å². The summed E-state index contributed by atoms with van der Waals surface area (Å²) >= 11 is 0. The zero-order chi connectivity index (χ0) is 14.8. The number of imide groups is 1. The molecule has 7 nitrogen and oxygen atoms in total. The van der Waals surface area contributed by atoms with Gasteiger partial charge in [-0.15, -0.1) is 0 Å². The molecule has 0 atom stereocenters. The molecule has 0 aliphatic carbocycles. The average Bonchev–Trinajstić information content (AvgIpc) is 3.09. The van der Waals surface area contributed by atoms with Crippen LogP contribution in [0.4, 0.5) is 5.69 Å². The highest BCUT2D eigenvalue weighted by Crippen LogP contribution is 2.21. The van der Waals surface area contributed by atoms with Crippen LogP contribution in [0.2, 0.25) is 0 Å². The van der Waals surface area contributed by atoms with Gasteiger partial charge in [0, 0.05) is 29.9 Å². The standard InChI is InChI=1S/C14H13N5O2/c1-9(20)19-7-12(6-13(19)21)17-11-4-2-3-10(5-11)14-15-8-16-18-14/h2-6,8,17H,7H2,1H3,(H,15,16,18). The van der Waals surface area contributed by atoms with E-state index in [4.69, 9.17) is 0 Å². The predicted molar refractivity (Wildman–Crippen MR) is 75.9 cm³/mol. The molecule has 2 amide bonds. The number of aromatic amines is 1. The van der Waals surface area contributed by atoms with Gasteiger partial charge in [0.25, 0.3) is 5.91 Å². The summed E-state index contributed by atoms with van der Waals surface area (Å²) in [6.07, 6.45) is 2.88. The molecule has 0 unspecified atom stereocenters. The van der Waals surface area contributed by atoms with Gasteiger partial charge in [0.15, 0.2) is 5.82 Å². The number of amides is 2. The lowest BCUT2D eigenvalue weighted by Crippen LogP contribution is -2.31. The fourth-order valence-electron chi connectivity index (χ4n) is 2.14. The van der Waals surface area contributed by atoms with Crippen molar-refractivity contribution in [3.8, 4) is 11.4 Å². The molecule has 1 aromatic heterocycles. The van der Waals surface area contributed by atoms with E-state index in [-0.39, 0.29) is 18.4 Å². The second-order valence-electron chi connectivity index (χ2n) is 4.65. The van der Waals surface area contributed by atoms with Crippen LogP contribution in [-0.2, 0) is 9.59 Å². The molecule has 2 aromatic rings. The average molecular weight is 283 g/mol. The van der Waals surface area contributed by atoms with E-state index in [1.807, 2.05) is 24.3 Å². The van der Waals surface area contributed by atoms with Gasteiger partial charge in [0.1, 0.15) is 6.33 Å². The molecule has 2 N–H and O–H groups in total. The van der Waals surface area contributed by atoms with E-state index < -0.39 is 0 Å². The molecule has 2 heterocycles. The van der Waals surface area contributed by atoms with Crippen LogP contribution in [0.15, 0.2) is 42.4 Å². The number of hydrogen-bond acceptors (Lipinski definition) is 5. The molecule has 0 saturated heterocycles. The van der Waals surface area contributed by atoms with E-state index in [1.54, 1.807) is 0 Å². The number of carbonyl (C=O) groups is 2. The molecule has 0 fully saturated rings. The first-order valence-electron chi connectivity index (χ1n) is 6.39. The van der Waals surface area contributed by atoms with E-state index >= 15 is 0 Å². The molecule has 106 valence electrons. The number of carbonyl (C=O) groups excluding carboxylic acids is 2. The van der Waals surface area contributed by atoms with Crippen LogP contribution in [0.5, 0.6) is 0 Å². The molecule has 1 aliphatic heterocycles. The second-order valence-corrected chi connectivity index (χ2v) is 4.65. The van der Waals surface area contributed by atoms with Crippen LogP contribution >= 0.6 is 0 Å². The lowest BCUT2D eigenvalue weighted by molar-refractivity contribution is -0.138. The molecule has 21 heavy (non-hydrogen) atoms. The van der Waals surface area contributed by atoms with Gasteiger partial charge in [-0.1, -0.05) is 12.1 Å². The summed E-state index contributed by atoms with van der Waals surface area (Å²) in [5, 5.41) is 9.75. The van der Waals surface area contributed by atoms with Crippen molar-refractivity contribution in [1.29, 1.82) is 0 Å². The minimum Gasteiger partial charge on any atom is -0.357 e. The Morgan fingerprint density at radius 2 is 2.29 bits per heavy atom. The van der Waals surface area contributed by atoms with E-state index in [9.17, 15) is 9.59 Å². The fourth-order valence-corrected chi connectivity index (χ4v) is 2.14. The Labute approximate surface area is 120 Å². The van der Waals surface area contributed by atoms with Gasteiger partial charge in [0.2, 0.25) is 5.91 Å². The maximum atomic E-state index is 11.6. The van der Waals surface area contributed by atoms with E-state index in [0.717, 1.165) is 11.3 Å². The number of anilines is 1. The highest BCUT2D eigenvalue weighted by atomic mass is 16.2. The number of hydrogen-bond donors (Lipinski definition) is 2. The SMILES string of the molecule is CC(=O)N1CC(Nc2cccc(-c3ncn[nH]3)c2)=CC1=O. The summed E-state index contributed by atoms with van der Waals surface area (Å²) in [6.45, 7) is 1.64. The predicted octanol–water partition coefficient (Wildman–Crippen LogP) is 1.16. The van der Waals surface area contributed by atoms with Crippen molar-refractivity contribution in [1.82, 2.24) is 20.1 Å². The molecule has 0 saturated carbocycles. The van der Waals surface area contributed by atoms with Crippen molar-refractivity contribution in [3.05, 3.63) is 42.4 Å². The van der Waals surface area contributed by atoms with Crippen LogP contribution in [0.3, 0.4) is 0 Å². The Balaban J connectivity index is 1.78. The van der Waals surface area contributed by atoms with Crippen molar-refractivity contribution in [2.24, 2.45) is 0 Å². The third kappa shape index (κ3) is 2.66. The monoisotopic (exact) mass is 283 g/mol. The molecule has 7 heteroatoms. The lowest BCUT2D eigenvalue weighted by atomic mass is 10.2. The van der Waals surface area contributed by atoms with Gasteiger partial charge in [-0.05, 0) is 12.1 Å². The number of benzene rings is 1. The summed E-state index contributed by atoms with van der Waals surface area (Å²) in [4.78, 5) is 28.2. The molecule has 1 aromatic carbocycles. The molecule has 0 bridgehead atoms. The summed E-state index contributed by atoms with van der Waals surface area (Å²) < 4.78 is 0. The van der Waals surface area contributed by atoms with Crippen LogP contribution in [-0.4, -0.2) is 38.4 Å². The van der Waals surface area contributed by atoms with Gasteiger partial charge in [-0.2, -0.15) is 5.10 Å². The number of rotatable bonds is 3. The summed E-state index contributed by atoms with van der Waals surface area (Å²) in [5.74, 6) is 0.111. The molecular formula is C14H13N5O2. The Bertz CT molecular complexity index is 721. The van der Waals surface area contributed by atoms with Gasteiger partial charge in [-0.25, -0.2) is 4.98 Å². The zero-order valence-electron chi connectivity index (χ0n) is 11.3. The van der Waals surface area contributed by atoms with Gasteiger partial charge >= 0.3 is 0 Å². The van der Waals surface area contributed by atoms with Crippen LogP contribution in [0.1, 0.15) is 6.92 Å². The maximum absolute atomic E-state index is 11.6. The zero-order valence-corrected chi connectivity index (χ0v) is 11.3. The summed E-state index contributed by atoms with van der Waals surface area (Å²) in [7, 11) is 0. The van der Waals surface area contributed by atoms with Crippen molar-refractivity contribution in [2.45, 2.75) is 6.92 Å². The molecule has 3 rings (SSSR count). The third-order valence-corrected chi connectivity index (χ3v) is 3.13. The number of aromatic nitrogens is 3. The fraction of sp³-hybridized carbons (Fsp3) is 0.143. The van der Waals surface area contributed by atoms with Crippen molar-refractivity contribution < 1.29 is 9.59 Å². The normalized spacial score (nSPS) is 14.2. The maximum Gasteiger partial charge on any atom is 0.255 e. The Hall–Kier alpha value is -2.96. The topological polar surface area (TPSA) is 91.0 Å². The number of nitrogens with zero attached hydrogens (tertiary/aromatic N) is 3. The summed E-state index contributed by atoms with van der Waals surface area (Å²) in [6, 6.07) is 7.55.